The van der Waals surface area contributed by atoms with Gasteiger partial charge in [-0.05, 0) is 26.8 Å². The Hall–Kier alpha value is -2.70. The first-order valence-electron chi connectivity index (χ1n) is 6.89. The molecule has 1 aliphatic heterocycles. The fourth-order valence-electron chi connectivity index (χ4n) is 2.34. The van der Waals surface area contributed by atoms with Gasteiger partial charge in [0, 0.05) is 18.8 Å². The highest BCUT2D eigenvalue weighted by Gasteiger charge is 2.38. The Balaban J connectivity index is 2.08. The minimum atomic E-state index is -0.743. The van der Waals surface area contributed by atoms with Gasteiger partial charge in [-0.25, -0.2) is 0 Å². The molecule has 2 amide bonds. The molecule has 1 N–H and O–H groups in total. The van der Waals surface area contributed by atoms with Crippen LogP contribution in [0.1, 0.15) is 30.1 Å². The summed E-state index contributed by atoms with van der Waals surface area (Å²) in [7, 11) is 0. The van der Waals surface area contributed by atoms with Crippen molar-refractivity contribution in [2.75, 3.05) is 16.8 Å². The van der Waals surface area contributed by atoms with Crippen molar-refractivity contribution in [3.05, 3.63) is 36.0 Å². The van der Waals surface area contributed by atoms with E-state index in [9.17, 15) is 9.59 Å². The van der Waals surface area contributed by atoms with Gasteiger partial charge in [-0.3, -0.25) is 14.6 Å². The summed E-state index contributed by atoms with van der Waals surface area (Å²) in [6, 6.07) is 3.24. The van der Waals surface area contributed by atoms with Crippen LogP contribution in [0, 0.1) is 12.3 Å². The Morgan fingerprint density at radius 3 is 2.91 bits per heavy atom. The topological polar surface area (TPSA) is 88.3 Å². The molecule has 7 nitrogen and oxygen atoms in total. The van der Waals surface area contributed by atoms with Crippen molar-refractivity contribution >= 4 is 23.2 Å². The molecule has 2 aromatic heterocycles. The molecule has 0 saturated carbocycles. The zero-order valence-electron chi connectivity index (χ0n) is 12.6. The van der Waals surface area contributed by atoms with Crippen LogP contribution in [0.4, 0.5) is 11.4 Å². The lowest BCUT2D eigenvalue weighted by atomic mass is 9.92. The first-order valence-corrected chi connectivity index (χ1v) is 6.89. The minimum absolute atomic E-state index is 0.147. The molecule has 2 aromatic rings. The van der Waals surface area contributed by atoms with E-state index in [1.807, 2.05) is 0 Å². The van der Waals surface area contributed by atoms with E-state index >= 15 is 0 Å². The van der Waals surface area contributed by atoms with Crippen molar-refractivity contribution in [1.82, 2.24) is 10.1 Å². The molecular weight excluding hydrogens is 284 g/mol. The molecule has 0 spiro atoms. The zero-order valence-corrected chi connectivity index (χ0v) is 12.6. The second-order valence-corrected chi connectivity index (χ2v) is 5.94. The number of rotatable bonds is 1. The molecule has 0 aromatic carbocycles. The third kappa shape index (κ3) is 2.34. The van der Waals surface area contributed by atoms with Crippen molar-refractivity contribution in [2.24, 2.45) is 5.41 Å². The molecule has 0 atom stereocenters. The van der Waals surface area contributed by atoms with E-state index in [-0.39, 0.29) is 24.1 Å². The summed E-state index contributed by atoms with van der Waals surface area (Å²) in [5.74, 6) is 0.0836. The lowest BCUT2D eigenvalue weighted by Gasteiger charge is -2.27. The van der Waals surface area contributed by atoms with E-state index in [4.69, 9.17) is 4.52 Å². The second kappa shape index (κ2) is 4.94. The van der Waals surface area contributed by atoms with Crippen molar-refractivity contribution in [3.8, 4) is 0 Å². The van der Waals surface area contributed by atoms with Gasteiger partial charge >= 0.3 is 0 Å². The third-order valence-corrected chi connectivity index (χ3v) is 3.60. The number of amides is 2. The standard InChI is InChI=1S/C15H16N4O3/c1-9-6-11(18-22-9)13(20)19-8-15(2,3)14(21)17-10-4-5-16-7-12(10)19/h4-7H,8H2,1-3H3,(H,17,21). The van der Waals surface area contributed by atoms with Crippen LogP contribution in [0.3, 0.4) is 0 Å². The highest BCUT2D eigenvalue weighted by Crippen LogP contribution is 2.34. The molecule has 0 unspecified atom stereocenters. The van der Waals surface area contributed by atoms with Crippen molar-refractivity contribution in [2.45, 2.75) is 20.8 Å². The van der Waals surface area contributed by atoms with E-state index in [1.54, 1.807) is 45.3 Å². The first kappa shape index (κ1) is 14.2. The van der Waals surface area contributed by atoms with Crippen LogP contribution >= 0.6 is 0 Å². The lowest BCUT2D eigenvalue weighted by Crippen LogP contribution is -2.42. The lowest BCUT2D eigenvalue weighted by molar-refractivity contribution is -0.123. The fraction of sp³-hybridized carbons (Fsp3) is 0.333. The maximum Gasteiger partial charge on any atom is 0.280 e. The minimum Gasteiger partial charge on any atom is -0.361 e. The number of fused-ring (bicyclic) bond motifs is 1. The normalized spacial score (nSPS) is 16.7. The summed E-state index contributed by atoms with van der Waals surface area (Å²) in [4.78, 5) is 30.6. The number of pyridine rings is 1. The Morgan fingerprint density at radius 2 is 2.23 bits per heavy atom. The predicted octanol–water partition coefficient (Wildman–Crippen LogP) is 2.00. The van der Waals surface area contributed by atoms with E-state index in [0.717, 1.165) is 0 Å². The van der Waals surface area contributed by atoms with Crippen molar-refractivity contribution < 1.29 is 14.1 Å². The Kier molecular flexibility index (Phi) is 3.20. The monoisotopic (exact) mass is 300 g/mol. The summed E-state index contributed by atoms with van der Waals surface area (Å²) in [6.07, 6.45) is 3.13. The maximum absolute atomic E-state index is 12.8. The number of nitrogens with one attached hydrogen (secondary N) is 1. The smallest absolute Gasteiger partial charge is 0.280 e. The van der Waals surface area contributed by atoms with Crippen molar-refractivity contribution in [1.29, 1.82) is 0 Å². The number of hydrogen-bond acceptors (Lipinski definition) is 5. The number of hydrogen-bond donors (Lipinski definition) is 1. The molecule has 0 bridgehead atoms. The van der Waals surface area contributed by atoms with Crippen LogP contribution < -0.4 is 10.2 Å². The summed E-state index contributed by atoms with van der Waals surface area (Å²) < 4.78 is 4.97. The summed E-state index contributed by atoms with van der Waals surface area (Å²) >= 11 is 0. The molecular formula is C15H16N4O3. The summed E-state index contributed by atoms with van der Waals surface area (Å²) in [5, 5.41) is 6.61. The quantitative estimate of drug-likeness (QED) is 0.870. The molecule has 1 aliphatic rings. The number of nitrogens with zero attached hydrogens (tertiary/aromatic N) is 3. The van der Waals surface area contributed by atoms with Gasteiger partial charge in [-0.2, -0.15) is 0 Å². The highest BCUT2D eigenvalue weighted by atomic mass is 16.5. The van der Waals surface area contributed by atoms with Crippen LogP contribution in [0.15, 0.2) is 29.0 Å². The van der Waals surface area contributed by atoms with E-state index in [2.05, 4.69) is 15.5 Å². The Morgan fingerprint density at radius 1 is 1.45 bits per heavy atom. The molecule has 22 heavy (non-hydrogen) atoms. The Bertz CT molecular complexity index is 751. The number of carbonyl (C=O) groups excluding carboxylic acids is 2. The number of carbonyl (C=O) groups is 2. The predicted molar refractivity (Wildman–Crippen MR) is 79.6 cm³/mol. The average molecular weight is 300 g/mol. The van der Waals surface area contributed by atoms with Gasteiger partial charge in [0.15, 0.2) is 5.69 Å². The van der Waals surface area contributed by atoms with Gasteiger partial charge in [0.1, 0.15) is 5.76 Å². The molecule has 0 fully saturated rings. The average Bonchev–Trinajstić information content (AvgIpc) is 2.87. The Labute approximate surface area is 127 Å². The zero-order chi connectivity index (χ0) is 15.9. The van der Waals surface area contributed by atoms with Crippen LogP contribution in [0.25, 0.3) is 0 Å². The molecule has 3 rings (SSSR count). The third-order valence-electron chi connectivity index (χ3n) is 3.60. The number of anilines is 2. The van der Waals surface area contributed by atoms with Crippen molar-refractivity contribution in [3.63, 3.8) is 0 Å². The fourth-order valence-corrected chi connectivity index (χ4v) is 2.34. The number of aromatic nitrogens is 2. The van der Waals surface area contributed by atoms with Gasteiger partial charge in [0.25, 0.3) is 5.91 Å². The van der Waals surface area contributed by atoms with E-state index in [0.29, 0.717) is 17.1 Å². The van der Waals surface area contributed by atoms with Crippen LogP contribution in [0.5, 0.6) is 0 Å². The second-order valence-electron chi connectivity index (χ2n) is 5.94. The maximum atomic E-state index is 12.8. The first-order chi connectivity index (χ1) is 10.4. The molecule has 0 saturated heterocycles. The summed E-state index contributed by atoms with van der Waals surface area (Å²) in [5.41, 5.74) is 0.566. The van der Waals surface area contributed by atoms with Gasteiger partial charge in [-0.15, -0.1) is 0 Å². The highest BCUT2D eigenvalue weighted by molar-refractivity contribution is 6.10. The largest absolute Gasteiger partial charge is 0.361 e. The van der Waals surface area contributed by atoms with Gasteiger partial charge in [0.2, 0.25) is 5.91 Å². The van der Waals surface area contributed by atoms with Gasteiger partial charge < -0.3 is 14.7 Å². The SMILES string of the molecule is Cc1cc(C(=O)N2CC(C)(C)C(=O)Nc3ccncc32)no1. The van der Waals surface area contributed by atoms with Gasteiger partial charge in [-0.1, -0.05) is 5.16 Å². The molecule has 114 valence electrons. The molecule has 0 aliphatic carbocycles. The van der Waals surface area contributed by atoms with Crippen LogP contribution in [-0.4, -0.2) is 28.5 Å². The van der Waals surface area contributed by atoms with E-state index in [1.165, 1.54) is 4.90 Å². The molecule has 7 heteroatoms. The molecule has 0 radical (unpaired) electrons. The van der Waals surface area contributed by atoms with Gasteiger partial charge in [0.05, 0.1) is 23.0 Å². The van der Waals surface area contributed by atoms with E-state index < -0.39 is 5.41 Å². The van der Waals surface area contributed by atoms with Crippen LogP contribution in [-0.2, 0) is 4.79 Å². The summed E-state index contributed by atoms with van der Waals surface area (Å²) in [6.45, 7) is 5.52. The molecule has 3 heterocycles. The van der Waals surface area contributed by atoms with Crippen LogP contribution in [0.2, 0.25) is 0 Å². The number of aryl methyl sites for hydroxylation is 1.